The average Bonchev–Trinajstić information content (AvgIpc) is 3.02. The van der Waals surface area contributed by atoms with Crippen LogP contribution in [0, 0.1) is 23.6 Å². The van der Waals surface area contributed by atoms with Gasteiger partial charge in [0.2, 0.25) is 5.91 Å². The van der Waals surface area contributed by atoms with Crippen molar-refractivity contribution in [2.45, 2.75) is 32.8 Å². The number of hydrogen-bond acceptors (Lipinski definition) is 3. The summed E-state index contributed by atoms with van der Waals surface area (Å²) >= 11 is 5.69. The van der Waals surface area contributed by atoms with Gasteiger partial charge in [-0.2, -0.15) is 0 Å². The molecule has 0 aromatic heterocycles. The summed E-state index contributed by atoms with van der Waals surface area (Å²) in [5.41, 5.74) is 0.552. The molecule has 0 radical (unpaired) electrons. The first-order chi connectivity index (χ1) is 11.8. The van der Waals surface area contributed by atoms with Crippen LogP contribution >= 0.6 is 11.6 Å². The first kappa shape index (κ1) is 19.7. The van der Waals surface area contributed by atoms with Crippen molar-refractivity contribution in [1.82, 2.24) is 5.32 Å². The van der Waals surface area contributed by atoms with Crippen LogP contribution in [0.15, 0.2) is 18.2 Å². The fourth-order valence-corrected chi connectivity index (χ4v) is 3.19. The van der Waals surface area contributed by atoms with E-state index in [0.717, 1.165) is 0 Å². The van der Waals surface area contributed by atoms with Gasteiger partial charge in [0, 0.05) is 13.2 Å². The minimum atomic E-state index is -0.923. The maximum absolute atomic E-state index is 13.7. The Morgan fingerprint density at radius 3 is 2.76 bits per heavy atom. The van der Waals surface area contributed by atoms with Crippen molar-refractivity contribution in [3.63, 3.8) is 0 Å². The Balaban J connectivity index is 2.02. The standard InChI is InChI=1S/C18H23ClFNO4/c1-10(2)7-12(18(23)24)9-21-17(22)13-5-6-25-16(13)11-3-4-14(19)15(20)8-11/h3-4,8,10,12-13,16H,5-7,9H2,1-2H3,(H,21,22)(H,23,24)/t12?,13-,16+/m1/s1. The Hall–Kier alpha value is -1.66. The molecule has 1 amide bonds. The highest BCUT2D eigenvalue weighted by atomic mass is 35.5. The van der Waals surface area contributed by atoms with Crippen LogP contribution in [0.2, 0.25) is 5.02 Å². The van der Waals surface area contributed by atoms with Crippen molar-refractivity contribution in [2.24, 2.45) is 17.8 Å². The summed E-state index contributed by atoms with van der Waals surface area (Å²) in [6, 6.07) is 4.35. The Morgan fingerprint density at radius 1 is 1.44 bits per heavy atom. The summed E-state index contributed by atoms with van der Waals surface area (Å²) in [6.07, 6.45) is 0.436. The predicted molar refractivity (Wildman–Crippen MR) is 91.8 cm³/mol. The summed E-state index contributed by atoms with van der Waals surface area (Å²) in [4.78, 5) is 23.8. The van der Waals surface area contributed by atoms with E-state index in [-0.39, 0.29) is 23.4 Å². The van der Waals surface area contributed by atoms with Crippen LogP contribution in [0.5, 0.6) is 0 Å². The molecule has 7 heteroatoms. The Kier molecular flexibility index (Phi) is 6.79. The molecule has 1 heterocycles. The summed E-state index contributed by atoms with van der Waals surface area (Å²) in [5, 5.41) is 12.0. The van der Waals surface area contributed by atoms with Crippen molar-refractivity contribution >= 4 is 23.5 Å². The van der Waals surface area contributed by atoms with Crippen LogP contribution in [0.4, 0.5) is 4.39 Å². The number of aliphatic carboxylic acids is 1. The summed E-state index contributed by atoms with van der Waals surface area (Å²) in [5.74, 6) is -2.64. The Morgan fingerprint density at radius 2 is 2.16 bits per heavy atom. The topological polar surface area (TPSA) is 75.6 Å². The van der Waals surface area contributed by atoms with Gasteiger partial charge in [-0.25, -0.2) is 4.39 Å². The number of rotatable bonds is 7. The number of benzene rings is 1. The maximum atomic E-state index is 13.7. The highest BCUT2D eigenvalue weighted by molar-refractivity contribution is 6.30. The van der Waals surface area contributed by atoms with E-state index >= 15 is 0 Å². The van der Waals surface area contributed by atoms with Gasteiger partial charge in [0.05, 0.1) is 23.0 Å². The predicted octanol–water partition coefficient (Wildman–Crippen LogP) is 3.42. The number of nitrogens with one attached hydrogen (secondary N) is 1. The third kappa shape index (κ3) is 5.16. The quantitative estimate of drug-likeness (QED) is 0.770. The van der Waals surface area contributed by atoms with E-state index in [1.54, 1.807) is 6.07 Å². The number of carboxylic acids is 1. The molecule has 3 atom stereocenters. The summed E-state index contributed by atoms with van der Waals surface area (Å²) < 4.78 is 19.3. The zero-order valence-electron chi connectivity index (χ0n) is 14.3. The van der Waals surface area contributed by atoms with Gasteiger partial charge in [0.1, 0.15) is 5.82 Å². The van der Waals surface area contributed by atoms with Crippen molar-refractivity contribution in [2.75, 3.05) is 13.2 Å². The van der Waals surface area contributed by atoms with Gasteiger partial charge in [-0.15, -0.1) is 0 Å². The zero-order valence-corrected chi connectivity index (χ0v) is 15.1. The normalized spacial score (nSPS) is 21.3. The molecule has 0 bridgehead atoms. The second-order valence-electron chi connectivity index (χ2n) is 6.77. The van der Waals surface area contributed by atoms with Crippen LogP contribution in [0.3, 0.4) is 0 Å². The van der Waals surface area contributed by atoms with E-state index < -0.39 is 29.7 Å². The van der Waals surface area contributed by atoms with Crippen molar-refractivity contribution < 1.29 is 23.8 Å². The van der Waals surface area contributed by atoms with Gasteiger partial charge in [-0.3, -0.25) is 9.59 Å². The molecule has 0 aliphatic carbocycles. The third-order valence-corrected chi connectivity index (χ3v) is 4.64. The second kappa shape index (κ2) is 8.63. The van der Waals surface area contributed by atoms with Crippen LogP contribution in [-0.4, -0.2) is 30.1 Å². The largest absolute Gasteiger partial charge is 0.481 e. The Bertz CT molecular complexity index is 638. The first-order valence-corrected chi connectivity index (χ1v) is 8.74. The van der Waals surface area contributed by atoms with Crippen molar-refractivity contribution in [3.05, 3.63) is 34.6 Å². The highest BCUT2D eigenvalue weighted by Gasteiger charge is 2.36. The lowest BCUT2D eigenvalue weighted by molar-refractivity contribution is -0.142. The number of hydrogen-bond donors (Lipinski definition) is 2. The molecule has 2 rings (SSSR count). The number of halogens is 2. The van der Waals surface area contributed by atoms with Crippen LogP contribution in [0.25, 0.3) is 0 Å². The van der Waals surface area contributed by atoms with Crippen molar-refractivity contribution in [3.8, 4) is 0 Å². The number of carbonyl (C=O) groups excluding carboxylic acids is 1. The lowest BCUT2D eigenvalue weighted by Gasteiger charge is -2.21. The van der Waals surface area contributed by atoms with Crippen LogP contribution in [0.1, 0.15) is 38.4 Å². The molecule has 1 aliphatic heterocycles. The number of carbonyl (C=O) groups is 2. The third-order valence-electron chi connectivity index (χ3n) is 4.33. The van der Waals surface area contributed by atoms with E-state index in [0.29, 0.717) is 25.0 Å². The van der Waals surface area contributed by atoms with E-state index in [1.165, 1.54) is 12.1 Å². The highest BCUT2D eigenvalue weighted by Crippen LogP contribution is 2.35. The summed E-state index contributed by atoms with van der Waals surface area (Å²) in [7, 11) is 0. The maximum Gasteiger partial charge on any atom is 0.308 e. The van der Waals surface area contributed by atoms with E-state index in [1.807, 2.05) is 13.8 Å². The molecule has 25 heavy (non-hydrogen) atoms. The molecular weight excluding hydrogens is 349 g/mol. The minimum Gasteiger partial charge on any atom is -0.481 e. The molecule has 1 aromatic carbocycles. The van der Waals surface area contributed by atoms with Crippen LogP contribution < -0.4 is 5.32 Å². The smallest absolute Gasteiger partial charge is 0.308 e. The molecule has 5 nitrogen and oxygen atoms in total. The van der Waals surface area contributed by atoms with Gasteiger partial charge in [0.15, 0.2) is 0 Å². The van der Waals surface area contributed by atoms with Gasteiger partial charge < -0.3 is 15.2 Å². The Labute approximate surface area is 151 Å². The first-order valence-electron chi connectivity index (χ1n) is 8.36. The molecule has 1 saturated heterocycles. The second-order valence-corrected chi connectivity index (χ2v) is 7.18. The van der Waals surface area contributed by atoms with E-state index in [2.05, 4.69) is 5.32 Å². The lowest BCUT2D eigenvalue weighted by Crippen LogP contribution is -2.38. The lowest BCUT2D eigenvalue weighted by atomic mass is 9.93. The van der Waals surface area contributed by atoms with Gasteiger partial charge in [-0.05, 0) is 36.5 Å². The molecule has 2 N–H and O–H groups in total. The fraction of sp³-hybridized carbons (Fsp3) is 0.556. The summed E-state index contributed by atoms with van der Waals surface area (Å²) in [6.45, 7) is 4.34. The molecule has 138 valence electrons. The molecule has 1 aliphatic rings. The van der Waals surface area contributed by atoms with Gasteiger partial charge in [0.25, 0.3) is 0 Å². The molecule has 0 spiro atoms. The molecule has 1 fully saturated rings. The van der Waals surface area contributed by atoms with Gasteiger partial charge in [-0.1, -0.05) is 31.5 Å². The van der Waals surface area contributed by atoms with E-state index in [9.17, 15) is 19.1 Å². The van der Waals surface area contributed by atoms with Gasteiger partial charge >= 0.3 is 5.97 Å². The number of carboxylic acid groups (broad SMARTS) is 1. The molecular formula is C18H23ClFNO4. The number of ether oxygens (including phenoxy) is 1. The number of amides is 1. The fourth-order valence-electron chi connectivity index (χ4n) is 3.07. The monoisotopic (exact) mass is 371 g/mol. The SMILES string of the molecule is CC(C)CC(CNC(=O)[C@@H]1CCO[C@H]1c1ccc(Cl)c(F)c1)C(=O)O. The molecule has 1 aromatic rings. The average molecular weight is 372 g/mol. The van der Waals surface area contributed by atoms with Crippen molar-refractivity contribution in [1.29, 1.82) is 0 Å². The molecule has 1 unspecified atom stereocenters. The van der Waals surface area contributed by atoms with E-state index in [4.69, 9.17) is 16.3 Å². The molecule has 0 saturated carbocycles. The zero-order chi connectivity index (χ0) is 18.6. The minimum absolute atomic E-state index is 0.0146. The van der Waals surface area contributed by atoms with Crippen LogP contribution in [-0.2, 0) is 14.3 Å².